The number of anilines is 1. The number of nitrogens with one attached hydrogen (secondary N) is 1. The van der Waals surface area contributed by atoms with Crippen LogP contribution in [-0.4, -0.2) is 70.1 Å². The number of fused-ring (bicyclic) bond motifs is 1. The Balaban J connectivity index is 1.53. The Labute approximate surface area is 190 Å². The zero-order valence-electron chi connectivity index (χ0n) is 17.2. The molecule has 168 valence electrons. The first-order valence-corrected chi connectivity index (χ1v) is 11.6. The van der Waals surface area contributed by atoms with Crippen LogP contribution in [0.1, 0.15) is 24.9 Å². The maximum absolute atomic E-state index is 12.9. The number of thioether (sulfide) groups is 1. The molecule has 4 rings (SSSR count). The van der Waals surface area contributed by atoms with Crippen molar-refractivity contribution in [3.05, 3.63) is 34.2 Å². The van der Waals surface area contributed by atoms with E-state index >= 15 is 0 Å². The highest BCUT2D eigenvalue weighted by atomic mass is 32.2. The van der Waals surface area contributed by atoms with Crippen molar-refractivity contribution < 1.29 is 19.5 Å². The van der Waals surface area contributed by atoms with Gasteiger partial charge in [0.05, 0.1) is 17.8 Å². The number of hydrogen-bond donors (Lipinski definition) is 3. The number of tetrazole rings is 1. The van der Waals surface area contributed by atoms with Crippen molar-refractivity contribution in [2.24, 2.45) is 0 Å². The molecule has 2 atom stereocenters. The molecule has 2 aliphatic heterocycles. The molecule has 32 heavy (non-hydrogen) atoms. The summed E-state index contributed by atoms with van der Waals surface area (Å²) < 4.78 is 0. The second-order valence-electron chi connectivity index (χ2n) is 7.08. The normalized spacial score (nSPS) is 20.8. The number of thiazole rings is 1. The van der Waals surface area contributed by atoms with Crippen molar-refractivity contribution in [1.82, 2.24) is 35.4 Å². The lowest BCUT2D eigenvalue weighted by Crippen LogP contribution is -2.70. The molecular formula is C18H20N8O4S2. The van der Waals surface area contributed by atoms with Crippen LogP contribution >= 0.6 is 23.1 Å². The number of aromatic nitrogens is 5. The lowest BCUT2D eigenvalue weighted by Gasteiger charge is -2.49. The maximum Gasteiger partial charge on any atom is 0.352 e. The van der Waals surface area contributed by atoms with E-state index in [0.717, 1.165) is 0 Å². The van der Waals surface area contributed by atoms with Gasteiger partial charge in [-0.3, -0.25) is 14.5 Å². The van der Waals surface area contributed by atoms with Crippen molar-refractivity contribution >= 4 is 51.6 Å². The third-order valence-electron chi connectivity index (χ3n) is 4.87. The van der Waals surface area contributed by atoms with Gasteiger partial charge in [-0.2, -0.15) is 4.80 Å². The van der Waals surface area contributed by atoms with E-state index < -0.39 is 29.2 Å². The molecular weight excluding hydrogens is 456 g/mol. The summed E-state index contributed by atoms with van der Waals surface area (Å²) in [7, 11) is 0. The Morgan fingerprint density at radius 1 is 1.44 bits per heavy atom. The van der Waals surface area contributed by atoms with Gasteiger partial charge in [-0.05, 0) is 24.1 Å². The second kappa shape index (κ2) is 8.70. The van der Waals surface area contributed by atoms with Crippen molar-refractivity contribution in [2.45, 2.75) is 38.2 Å². The fourth-order valence-corrected chi connectivity index (χ4v) is 5.41. The van der Waals surface area contributed by atoms with Gasteiger partial charge in [-0.15, -0.1) is 33.3 Å². The van der Waals surface area contributed by atoms with Crippen LogP contribution in [0, 0.1) is 6.92 Å². The monoisotopic (exact) mass is 476 g/mol. The molecule has 4 heterocycles. The van der Waals surface area contributed by atoms with Gasteiger partial charge in [0.15, 0.2) is 11.0 Å². The van der Waals surface area contributed by atoms with Crippen LogP contribution in [0.5, 0.6) is 0 Å². The van der Waals surface area contributed by atoms with Gasteiger partial charge in [0.1, 0.15) is 17.1 Å². The number of aliphatic carboxylic acids is 1. The van der Waals surface area contributed by atoms with Gasteiger partial charge in [0.25, 0.3) is 11.8 Å². The van der Waals surface area contributed by atoms with Crippen LogP contribution in [0.4, 0.5) is 5.13 Å². The number of hydrogen-bond acceptors (Lipinski definition) is 10. The van der Waals surface area contributed by atoms with Crippen molar-refractivity contribution in [1.29, 1.82) is 0 Å². The third kappa shape index (κ3) is 3.98. The molecule has 1 fully saturated rings. The molecule has 4 N–H and O–H groups in total. The fraction of sp³-hybridized carbons (Fsp3) is 0.389. The summed E-state index contributed by atoms with van der Waals surface area (Å²) in [5.41, 5.74) is 6.85. The number of amides is 2. The molecule has 14 heteroatoms. The lowest BCUT2D eigenvalue weighted by molar-refractivity contribution is -0.150. The Hall–Kier alpha value is -3.26. The number of nitrogen functional groups attached to an aromatic ring is 1. The van der Waals surface area contributed by atoms with Crippen molar-refractivity contribution in [3.8, 4) is 0 Å². The molecule has 12 nitrogen and oxygen atoms in total. The highest BCUT2D eigenvalue weighted by Crippen LogP contribution is 2.40. The minimum absolute atomic E-state index is 0.101. The maximum atomic E-state index is 12.9. The van der Waals surface area contributed by atoms with E-state index in [4.69, 9.17) is 5.73 Å². The van der Waals surface area contributed by atoms with Crippen LogP contribution in [0.2, 0.25) is 0 Å². The van der Waals surface area contributed by atoms with Gasteiger partial charge < -0.3 is 16.2 Å². The highest BCUT2D eigenvalue weighted by Gasteiger charge is 2.54. The number of aryl methyl sites for hydroxylation is 1. The van der Waals surface area contributed by atoms with E-state index in [9.17, 15) is 19.5 Å². The first kappa shape index (κ1) is 22.0. The second-order valence-corrected chi connectivity index (χ2v) is 9.08. The first-order valence-electron chi connectivity index (χ1n) is 9.67. The summed E-state index contributed by atoms with van der Waals surface area (Å²) in [4.78, 5) is 44.4. The van der Waals surface area contributed by atoms with Gasteiger partial charge in [0.2, 0.25) is 0 Å². The fourth-order valence-electron chi connectivity index (χ4n) is 3.51. The number of nitrogens with zero attached hydrogens (tertiary/aromatic N) is 6. The summed E-state index contributed by atoms with van der Waals surface area (Å²) in [5, 5.41) is 25.7. The number of rotatable bonds is 7. The van der Waals surface area contributed by atoms with Crippen molar-refractivity contribution in [2.75, 3.05) is 11.5 Å². The number of nitrogens with two attached hydrogens (primary N) is 1. The standard InChI is InChI=1S/C18H20N8O4S2/c1-3-4-10(11-7-32-18(19)20-11)14(27)21-12-15(28)26-13(17(29)30)9(6-31-16(12)26)5-25-23-8(2)22-24-25/h4,7,12,16H,3,5-6H2,1-2H3,(H2,19,20)(H,21,27)(H,29,30)/b10-4-/t12-,16-/m1/s1. The van der Waals surface area contributed by atoms with E-state index in [1.54, 1.807) is 18.4 Å². The Morgan fingerprint density at radius 3 is 2.81 bits per heavy atom. The molecule has 0 aromatic carbocycles. The molecule has 1 saturated heterocycles. The predicted octanol–water partition coefficient (Wildman–Crippen LogP) is 0.252. The molecule has 0 saturated carbocycles. The van der Waals surface area contributed by atoms with Crippen LogP contribution in [0.3, 0.4) is 0 Å². The molecule has 0 aliphatic carbocycles. The van der Waals surface area contributed by atoms with Crippen LogP contribution in [-0.2, 0) is 20.9 Å². The summed E-state index contributed by atoms with van der Waals surface area (Å²) in [5.74, 6) is -1.34. The number of carboxylic acids is 1. The molecule has 2 aromatic heterocycles. The molecule has 0 bridgehead atoms. The van der Waals surface area contributed by atoms with E-state index in [1.165, 1.54) is 32.8 Å². The van der Waals surface area contributed by atoms with Crippen LogP contribution < -0.4 is 11.1 Å². The molecule has 2 aliphatic rings. The first-order chi connectivity index (χ1) is 15.3. The largest absolute Gasteiger partial charge is 0.477 e. The highest BCUT2D eigenvalue weighted by molar-refractivity contribution is 8.00. The molecule has 2 aromatic rings. The van der Waals surface area contributed by atoms with Crippen LogP contribution in [0.25, 0.3) is 5.57 Å². The third-order valence-corrected chi connectivity index (χ3v) is 6.89. The Bertz CT molecular complexity index is 1150. The van der Waals surface area contributed by atoms with E-state index in [1.807, 2.05) is 6.92 Å². The van der Waals surface area contributed by atoms with Gasteiger partial charge >= 0.3 is 5.97 Å². The summed E-state index contributed by atoms with van der Waals surface area (Å²) in [6.07, 6.45) is 2.31. The Kier molecular flexibility index (Phi) is 5.97. The smallest absolute Gasteiger partial charge is 0.352 e. The number of allylic oxidation sites excluding steroid dienone is 1. The summed E-state index contributed by atoms with van der Waals surface area (Å²) in [6, 6.07) is -0.841. The molecule has 0 radical (unpaired) electrons. The average Bonchev–Trinajstić information content (AvgIpc) is 3.37. The molecule has 0 unspecified atom stereocenters. The average molecular weight is 477 g/mol. The minimum Gasteiger partial charge on any atom is -0.477 e. The topological polar surface area (TPSA) is 169 Å². The summed E-state index contributed by atoms with van der Waals surface area (Å²) >= 11 is 2.59. The van der Waals surface area contributed by atoms with E-state index in [0.29, 0.717) is 40.0 Å². The number of carbonyl (C=O) groups is 3. The number of carbonyl (C=O) groups excluding carboxylic acids is 2. The minimum atomic E-state index is -1.22. The van der Waals surface area contributed by atoms with Crippen molar-refractivity contribution in [3.63, 3.8) is 0 Å². The van der Waals surface area contributed by atoms with Gasteiger partial charge in [0, 0.05) is 11.1 Å². The number of carboxylic acid groups (broad SMARTS) is 1. The van der Waals surface area contributed by atoms with Crippen LogP contribution in [0.15, 0.2) is 22.7 Å². The van der Waals surface area contributed by atoms with E-state index in [2.05, 4.69) is 25.7 Å². The summed E-state index contributed by atoms with van der Waals surface area (Å²) in [6.45, 7) is 3.67. The Morgan fingerprint density at radius 2 is 2.22 bits per heavy atom. The van der Waals surface area contributed by atoms with Gasteiger partial charge in [-0.1, -0.05) is 13.0 Å². The zero-order chi connectivity index (χ0) is 23.0. The lowest BCUT2D eigenvalue weighted by atomic mass is 10.0. The van der Waals surface area contributed by atoms with Gasteiger partial charge in [-0.25, -0.2) is 9.78 Å². The quantitative estimate of drug-likeness (QED) is 0.372. The molecule has 2 amide bonds. The number of β-lactam (4-membered cyclic amide) rings is 1. The molecule has 0 spiro atoms. The zero-order valence-corrected chi connectivity index (χ0v) is 18.8. The SMILES string of the molecule is CC/C=C(\C(=O)N[C@@H]1C(=O)N2C(C(=O)O)=C(Cn3nnc(C)n3)CS[C@H]12)c1csc(N)n1. The predicted molar refractivity (Wildman–Crippen MR) is 117 cm³/mol. The van der Waals surface area contributed by atoms with E-state index in [-0.39, 0.29) is 12.2 Å².